The molecule has 3 rings (SSSR count). The Balaban J connectivity index is 1.79. The van der Waals surface area contributed by atoms with Gasteiger partial charge in [0.15, 0.2) is 0 Å². The summed E-state index contributed by atoms with van der Waals surface area (Å²) in [6, 6.07) is 6.85. The summed E-state index contributed by atoms with van der Waals surface area (Å²) in [6.07, 6.45) is 8.31. The van der Waals surface area contributed by atoms with Crippen molar-refractivity contribution in [2.75, 3.05) is 0 Å². The Hall–Kier alpha value is -1.61. The van der Waals surface area contributed by atoms with Crippen LogP contribution in [0.15, 0.2) is 30.7 Å². The van der Waals surface area contributed by atoms with E-state index in [1.54, 1.807) is 6.33 Å². The van der Waals surface area contributed by atoms with E-state index in [1.807, 2.05) is 17.8 Å². The van der Waals surface area contributed by atoms with Gasteiger partial charge in [-0.1, -0.05) is 18.2 Å². The summed E-state index contributed by atoms with van der Waals surface area (Å²) in [6.45, 7) is 0. The monoisotopic (exact) mass is 241 g/mol. The Morgan fingerprint density at radius 2 is 2.17 bits per heavy atom. The number of hydrogen-bond acceptors (Lipinski definition) is 2. The van der Waals surface area contributed by atoms with Crippen molar-refractivity contribution in [3.63, 3.8) is 0 Å². The molecule has 0 amide bonds. The molecule has 0 spiro atoms. The average molecular weight is 241 g/mol. The lowest BCUT2D eigenvalue weighted by Crippen LogP contribution is -2.16. The van der Waals surface area contributed by atoms with Gasteiger partial charge in [-0.25, -0.2) is 4.98 Å². The van der Waals surface area contributed by atoms with Gasteiger partial charge < -0.3 is 10.3 Å². The molecule has 1 aliphatic carbocycles. The summed E-state index contributed by atoms with van der Waals surface area (Å²) in [5.74, 6) is 0. The molecule has 0 saturated heterocycles. The smallest absolute Gasteiger partial charge is 0.0946 e. The molecule has 94 valence electrons. The molecule has 1 atom stereocenters. The van der Waals surface area contributed by atoms with Gasteiger partial charge in [0.2, 0.25) is 0 Å². The first-order chi connectivity index (χ1) is 8.74. The number of fused-ring (bicyclic) bond motifs is 1. The standard InChI is InChI=1S/C15H19N3/c1-18-10-17-9-15(18)14(16)8-11-5-6-12-3-2-4-13(12)7-11/h5-7,9-10,14H,2-4,8,16H2,1H3. The summed E-state index contributed by atoms with van der Waals surface area (Å²) < 4.78 is 2.00. The molecule has 1 aliphatic rings. The molecule has 1 aromatic carbocycles. The third kappa shape index (κ3) is 2.06. The van der Waals surface area contributed by atoms with E-state index in [9.17, 15) is 0 Å². The molecule has 1 heterocycles. The lowest BCUT2D eigenvalue weighted by atomic mass is 10.00. The summed E-state index contributed by atoms with van der Waals surface area (Å²) in [7, 11) is 1.99. The van der Waals surface area contributed by atoms with Gasteiger partial charge in [0.25, 0.3) is 0 Å². The predicted octanol–water partition coefficient (Wildman–Crippen LogP) is 2.15. The van der Waals surface area contributed by atoms with E-state index in [2.05, 4.69) is 23.2 Å². The fraction of sp³-hybridized carbons (Fsp3) is 0.400. The lowest BCUT2D eigenvalue weighted by Gasteiger charge is -2.13. The lowest BCUT2D eigenvalue weighted by molar-refractivity contribution is 0.655. The summed E-state index contributed by atoms with van der Waals surface area (Å²) in [4.78, 5) is 4.13. The van der Waals surface area contributed by atoms with Crippen molar-refractivity contribution in [2.24, 2.45) is 12.8 Å². The number of imidazole rings is 1. The summed E-state index contributed by atoms with van der Waals surface area (Å²) in [5, 5.41) is 0. The van der Waals surface area contributed by atoms with Gasteiger partial charge in [-0.15, -0.1) is 0 Å². The molecule has 18 heavy (non-hydrogen) atoms. The SMILES string of the molecule is Cn1cncc1C(N)Cc1ccc2c(c1)CCC2. The van der Waals surface area contributed by atoms with Gasteiger partial charge in [0, 0.05) is 13.2 Å². The Kier molecular flexibility index (Phi) is 2.92. The summed E-state index contributed by atoms with van der Waals surface area (Å²) in [5.41, 5.74) is 11.7. The molecular formula is C15H19N3. The third-order valence-electron chi connectivity index (χ3n) is 3.85. The Morgan fingerprint density at radius 1 is 1.33 bits per heavy atom. The van der Waals surface area contributed by atoms with Gasteiger partial charge in [-0.3, -0.25) is 0 Å². The van der Waals surface area contributed by atoms with Crippen molar-refractivity contribution >= 4 is 0 Å². The van der Waals surface area contributed by atoms with Crippen LogP contribution in [0.4, 0.5) is 0 Å². The number of aryl methyl sites for hydroxylation is 3. The van der Waals surface area contributed by atoms with Crippen LogP contribution in [0, 0.1) is 0 Å². The molecule has 2 N–H and O–H groups in total. The maximum atomic E-state index is 6.26. The second-order valence-electron chi connectivity index (χ2n) is 5.20. The minimum absolute atomic E-state index is 0.0250. The van der Waals surface area contributed by atoms with Gasteiger partial charge in [0.1, 0.15) is 0 Å². The summed E-state index contributed by atoms with van der Waals surface area (Å²) >= 11 is 0. The van der Waals surface area contributed by atoms with Crippen molar-refractivity contribution in [2.45, 2.75) is 31.7 Å². The molecule has 1 unspecified atom stereocenters. The van der Waals surface area contributed by atoms with Crippen molar-refractivity contribution in [3.8, 4) is 0 Å². The van der Waals surface area contributed by atoms with E-state index in [4.69, 9.17) is 5.73 Å². The second kappa shape index (κ2) is 4.58. The average Bonchev–Trinajstić information content (AvgIpc) is 2.96. The number of rotatable bonds is 3. The molecule has 3 heteroatoms. The fourth-order valence-corrected chi connectivity index (χ4v) is 2.84. The molecule has 3 nitrogen and oxygen atoms in total. The first-order valence-electron chi connectivity index (χ1n) is 6.56. The molecule has 0 aliphatic heterocycles. The largest absolute Gasteiger partial charge is 0.336 e. The van der Waals surface area contributed by atoms with Gasteiger partial charge in [-0.05, 0) is 42.4 Å². The molecular weight excluding hydrogens is 222 g/mol. The van der Waals surface area contributed by atoms with Crippen molar-refractivity contribution in [1.82, 2.24) is 9.55 Å². The zero-order chi connectivity index (χ0) is 12.5. The van der Waals surface area contributed by atoms with E-state index in [-0.39, 0.29) is 6.04 Å². The Bertz CT molecular complexity index is 557. The number of aromatic nitrogens is 2. The minimum Gasteiger partial charge on any atom is -0.336 e. The van der Waals surface area contributed by atoms with Crippen LogP contribution >= 0.6 is 0 Å². The van der Waals surface area contributed by atoms with Gasteiger partial charge in [-0.2, -0.15) is 0 Å². The highest BCUT2D eigenvalue weighted by atomic mass is 15.0. The highest BCUT2D eigenvalue weighted by molar-refractivity contribution is 5.35. The molecule has 0 bridgehead atoms. The first kappa shape index (κ1) is 11.5. The van der Waals surface area contributed by atoms with Crippen LogP contribution in [0.2, 0.25) is 0 Å². The highest BCUT2D eigenvalue weighted by Gasteiger charge is 2.14. The molecule has 0 radical (unpaired) electrons. The van der Waals surface area contributed by atoms with Crippen molar-refractivity contribution in [1.29, 1.82) is 0 Å². The number of benzene rings is 1. The minimum atomic E-state index is 0.0250. The molecule has 1 aromatic heterocycles. The zero-order valence-electron chi connectivity index (χ0n) is 10.8. The van der Waals surface area contributed by atoms with Crippen molar-refractivity contribution in [3.05, 3.63) is 53.1 Å². The van der Waals surface area contributed by atoms with E-state index < -0.39 is 0 Å². The first-order valence-corrected chi connectivity index (χ1v) is 6.56. The normalized spacial score (nSPS) is 15.7. The van der Waals surface area contributed by atoms with Gasteiger partial charge in [0.05, 0.1) is 18.1 Å². The Labute approximate surface area is 108 Å². The maximum Gasteiger partial charge on any atom is 0.0946 e. The highest BCUT2D eigenvalue weighted by Crippen LogP contribution is 2.24. The molecule has 0 saturated carbocycles. The molecule has 2 aromatic rings. The second-order valence-corrected chi connectivity index (χ2v) is 5.20. The van der Waals surface area contributed by atoms with E-state index in [0.717, 1.165) is 12.1 Å². The van der Waals surface area contributed by atoms with E-state index in [0.29, 0.717) is 0 Å². The maximum absolute atomic E-state index is 6.26. The quantitative estimate of drug-likeness (QED) is 0.895. The van der Waals surface area contributed by atoms with Crippen LogP contribution in [0.5, 0.6) is 0 Å². The number of nitrogens with zero attached hydrogens (tertiary/aromatic N) is 2. The van der Waals surface area contributed by atoms with Crippen LogP contribution in [0.1, 0.15) is 34.8 Å². The van der Waals surface area contributed by atoms with Crippen LogP contribution in [0.25, 0.3) is 0 Å². The third-order valence-corrected chi connectivity index (χ3v) is 3.85. The fourth-order valence-electron chi connectivity index (χ4n) is 2.84. The number of hydrogen-bond donors (Lipinski definition) is 1. The Morgan fingerprint density at radius 3 is 2.94 bits per heavy atom. The predicted molar refractivity (Wildman–Crippen MR) is 72.3 cm³/mol. The topological polar surface area (TPSA) is 43.8 Å². The van der Waals surface area contributed by atoms with Gasteiger partial charge >= 0.3 is 0 Å². The van der Waals surface area contributed by atoms with Crippen LogP contribution in [0.3, 0.4) is 0 Å². The number of nitrogens with two attached hydrogens (primary N) is 1. The van der Waals surface area contributed by atoms with Crippen LogP contribution in [-0.2, 0) is 26.3 Å². The van der Waals surface area contributed by atoms with Crippen LogP contribution < -0.4 is 5.73 Å². The zero-order valence-corrected chi connectivity index (χ0v) is 10.8. The molecule has 0 fully saturated rings. The van der Waals surface area contributed by atoms with E-state index in [1.165, 1.54) is 36.0 Å². The van der Waals surface area contributed by atoms with Crippen molar-refractivity contribution < 1.29 is 0 Å². The van der Waals surface area contributed by atoms with E-state index >= 15 is 0 Å². The van der Waals surface area contributed by atoms with Crippen LogP contribution in [-0.4, -0.2) is 9.55 Å².